The lowest BCUT2D eigenvalue weighted by Crippen LogP contribution is -2.36. The minimum absolute atomic E-state index is 0.0519. The van der Waals surface area contributed by atoms with Gasteiger partial charge >= 0.3 is 0 Å². The third kappa shape index (κ3) is 3.80. The Morgan fingerprint density at radius 1 is 1.67 bits per heavy atom. The van der Waals surface area contributed by atoms with Crippen LogP contribution in [-0.2, 0) is 4.79 Å². The van der Waals surface area contributed by atoms with E-state index in [0.29, 0.717) is 6.54 Å². The number of carbonyl (C=O) groups is 1. The molecule has 2 unspecified atom stereocenters. The minimum atomic E-state index is -0.304. The van der Waals surface area contributed by atoms with Crippen LogP contribution >= 0.6 is 0 Å². The normalized spacial score (nSPS) is 15.6. The molecule has 0 aromatic rings. The maximum Gasteiger partial charge on any atom is 0.126 e. The van der Waals surface area contributed by atoms with E-state index in [-0.39, 0.29) is 18.6 Å². The summed E-state index contributed by atoms with van der Waals surface area (Å²) >= 11 is 0. The zero-order valence-corrected chi connectivity index (χ0v) is 7.49. The third-order valence-corrected chi connectivity index (χ3v) is 1.99. The number of nitrogens with two attached hydrogens (primary N) is 1. The first-order chi connectivity index (χ1) is 5.79. The Labute approximate surface area is 73.1 Å². The molecule has 12 heavy (non-hydrogen) atoms. The molecule has 0 radical (unpaired) electrons. The Hall–Kier alpha value is -0.450. The summed E-state index contributed by atoms with van der Waals surface area (Å²) in [6.07, 6.45) is 2.49. The van der Waals surface area contributed by atoms with Crippen LogP contribution in [0.2, 0.25) is 0 Å². The van der Waals surface area contributed by atoms with Gasteiger partial charge in [-0.15, -0.1) is 0 Å². The van der Waals surface area contributed by atoms with Gasteiger partial charge in [0.15, 0.2) is 0 Å². The van der Waals surface area contributed by atoms with Gasteiger partial charge in [-0.3, -0.25) is 0 Å². The summed E-state index contributed by atoms with van der Waals surface area (Å²) in [5.41, 5.74) is 5.34. The third-order valence-electron chi connectivity index (χ3n) is 1.99. The summed E-state index contributed by atoms with van der Waals surface area (Å²) in [5, 5.41) is 11.8. The topological polar surface area (TPSA) is 75.3 Å². The van der Waals surface area contributed by atoms with Crippen molar-refractivity contribution in [2.24, 2.45) is 11.7 Å². The fourth-order valence-corrected chi connectivity index (χ4v) is 1.18. The number of nitrogens with one attached hydrogen (secondary N) is 1. The first-order valence-electron chi connectivity index (χ1n) is 4.23. The first kappa shape index (κ1) is 11.6. The zero-order valence-electron chi connectivity index (χ0n) is 7.49. The SMILES string of the molecule is CNC(CCCN)C(C=O)CO. The van der Waals surface area contributed by atoms with Gasteiger partial charge in [0.05, 0.1) is 12.5 Å². The largest absolute Gasteiger partial charge is 0.396 e. The van der Waals surface area contributed by atoms with Crippen LogP contribution in [0.4, 0.5) is 0 Å². The van der Waals surface area contributed by atoms with Crippen molar-refractivity contribution < 1.29 is 9.90 Å². The molecule has 4 N–H and O–H groups in total. The Morgan fingerprint density at radius 2 is 2.33 bits per heavy atom. The lowest BCUT2D eigenvalue weighted by Gasteiger charge is -2.20. The second-order valence-electron chi connectivity index (χ2n) is 2.81. The van der Waals surface area contributed by atoms with Gasteiger partial charge in [-0.25, -0.2) is 0 Å². The summed E-state index contributed by atoms with van der Waals surface area (Å²) in [6.45, 7) is 0.523. The van der Waals surface area contributed by atoms with Crippen LogP contribution in [0.3, 0.4) is 0 Å². The average Bonchev–Trinajstić information content (AvgIpc) is 2.12. The molecule has 72 valence electrons. The van der Waals surface area contributed by atoms with Gasteiger partial charge in [0.25, 0.3) is 0 Å². The molecule has 0 saturated carbocycles. The zero-order chi connectivity index (χ0) is 9.40. The van der Waals surface area contributed by atoms with Crippen molar-refractivity contribution in [3.05, 3.63) is 0 Å². The molecule has 0 aliphatic carbocycles. The van der Waals surface area contributed by atoms with Crippen LogP contribution in [0, 0.1) is 5.92 Å². The van der Waals surface area contributed by atoms with E-state index in [1.165, 1.54) is 0 Å². The predicted molar refractivity (Wildman–Crippen MR) is 47.8 cm³/mol. The maximum atomic E-state index is 10.5. The summed E-state index contributed by atoms with van der Waals surface area (Å²) < 4.78 is 0. The van der Waals surface area contributed by atoms with Crippen LogP contribution in [-0.4, -0.2) is 37.6 Å². The molecule has 0 spiro atoms. The lowest BCUT2D eigenvalue weighted by atomic mass is 9.98. The molecular formula is C8H18N2O2. The van der Waals surface area contributed by atoms with Gasteiger partial charge in [0.2, 0.25) is 0 Å². The van der Waals surface area contributed by atoms with Crippen LogP contribution in [0.1, 0.15) is 12.8 Å². The summed E-state index contributed by atoms with van der Waals surface area (Å²) in [5.74, 6) is -0.304. The molecule has 4 heteroatoms. The Bertz CT molecular complexity index is 120. The fraction of sp³-hybridized carbons (Fsp3) is 0.875. The van der Waals surface area contributed by atoms with E-state index >= 15 is 0 Å². The number of aliphatic hydroxyl groups is 1. The van der Waals surface area contributed by atoms with Crippen LogP contribution in [0.25, 0.3) is 0 Å². The summed E-state index contributed by atoms with van der Waals surface area (Å²) in [4.78, 5) is 10.5. The van der Waals surface area contributed by atoms with E-state index in [4.69, 9.17) is 10.8 Å². The Kier molecular flexibility index (Phi) is 6.94. The van der Waals surface area contributed by atoms with Crippen molar-refractivity contribution in [2.75, 3.05) is 20.2 Å². The smallest absolute Gasteiger partial charge is 0.126 e. The predicted octanol–water partition coefficient (Wildman–Crippen LogP) is -0.879. The molecule has 0 saturated heterocycles. The van der Waals surface area contributed by atoms with Crippen molar-refractivity contribution in [1.29, 1.82) is 0 Å². The van der Waals surface area contributed by atoms with Gasteiger partial charge in [-0.1, -0.05) is 0 Å². The van der Waals surface area contributed by atoms with Crippen LogP contribution in [0.15, 0.2) is 0 Å². The second-order valence-corrected chi connectivity index (χ2v) is 2.81. The Balaban J connectivity index is 3.83. The standard InChI is InChI=1S/C8H18N2O2/c1-10-8(3-2-4-9)7(5-11)6-12/h5,7-8,10,12H,2-4,6,9H2,1H3. The number of aliphatic hydroxyl groups excluding tert-OH is 1. The summed E-state index contributed by atoms with van der Waals surface area (Å²) in [7, 11) is 1.79. The molecule has 0 aliphatic rings. The molecule has 0 aromatic carbocycles. The van der Waals surface area contributed by atoms with Crippen molar-refractivity contribution in [3.8, 4) is 0 Å². The van der Waals surface area contributed by atoms with E-state index in [2.05, 4.69) is 5.32 Å². The van der Waals surface area contributed by atoms with E-state index in [9.17, 15) is 4.79 Å². The van der Waals surface area contributed by atoms with E-state index in [1.54, 1.807) is 7.05 Å². The van der Waals surface area contributed by atoms with Gasteiger partial charge < -0.3 is 21.0 Å². The lowest BCUT2D eigenvalue weighted by molar-refractivity contribution is -0.113. The molecule has 0 heterocycles. The van der Waals surface area contributed by atoms with Gasteiger partial charge in [0.1, 0.15) is 6.29 Å². The molecule has 2 atom stereocenters. The molecule has 0 amide bonds. The number of hydrogen-bond donors (Lipinski definition) is 3. The number of carbonyl (C=O) groups excluding carboxylic acids is 1. The number of aldehydes is 1. The van der Waals surface area contributed by atoms with Gasteiger partial charge in [0, 0.05) is 6.04 Å². The highest BCUT2D eigenvalue weighted by atomic mass is 16.3. The highest BCUT2D eigenvalue weighted by Crippen LogP contribution is 2.05. The van der Waals surface area contributed by atoms with Gasteiger partial charge in [-0.05, 0) is 26.4 Å². The highest BCUT2D eigenvalue weighted by molar-refractivity contribution is 5.54. The maximum absolute atomic E-state index is 10.5. The van der Waals surface area contributed by atoms with Crippen molar-refractivity contribution in [3.63, 3.8) is 0 Å². The molecule has 0 bridgehead atoms. The Morgan fingerprint density at radius 3 is 2.67 bits per heavy atom. The first-order valence-corrected chi connectivity index (χ1v) is 4.23. The van der Waals surface area contributed by atoms with Crippen molar-refractivity contribution in [2.45, 2.75) is 18.9 Å². The number of hydrogen-bond acceptors (Lipinski definition) is 4. The number of rotatable bonds is 7. The average molecular weight is 174 g/mol. The minimum Gasteiger partial charge on any atom is -0.396 e. The van der Waals surface area contributed by atoms with Crippen molar-refractivity contribution in [1.82, 2.24) is 5.32 Å². The van der Waals surface area contributed by atoms with Crippen molar-refractivity contribution >= 4 is 6.29 Å². The molecule has 0 aliphatic heterocycles. The van der Waals surface area contributed by atoms with E-state index in [1.807, 2.05) is 0 Å². The van der Waals surface area contributed by atoms with E-state index in [0.717, 1.165) is 19.1 Å². The molecule has 0 rings (SSSR count). The van der Waals surface area contributed by atoms with Gasteiger partial charge in [-0.2, -0.15) is 0 Å². The molecular weight excluding hydrogens is 156 g/mol. The van der Waals surface area contributed by atoms with Crippen LogP contribution in [0.5, 0.6) is 0 Å². The fourth-order valence-electron chi connectivity index (χ4n) is 1.18. The second kappa shape index (κ2) is 7.21. The quantitative estimate of drug-likeness (QED) is 0.438. The molecule has 4 nitrogen and oxygen atoms in total. The highest BCUT2D eigenvalue weighted by Gasteiger charge is 2.17. The molecule has 0 fully saturated rings. The van der Waals surface area contributed by atoms with E-state index < -0.39 is 0 Å². The summed E-state index contributed by atoms with van der Waals surface area (Å²) in [6, 6.07) is 0.0519. The van der Waals surface area contributed by atoms with Crippen LogP contribution < -0.4 is 11.1 Å². The monoisotopic (exact) mass is 174 g/mol. The molecule has 0 aromatic heterocycles.